The number of rotatable bonds is 4. The molecule has 3 N–H and O–H groups in total. The molecule has 0 saturated carbocycles. The van der Waals surface area contributed by atoms with Gasteiger partial charge in [-0.05, 0) is 17.4 Å². The van der Waals surface area contributed by atoms with Crippen molar-refractivity contribution in [3.63, 3.8) is 0 Å². The molecule has 0 aliphatic rings. The van der Waals surface area contributed by atoms with Crippen LogP contribution in [-0.4, -0.2) is 10.7 Å². The van der Waals surface area contributed by atoms with E-state index < -0.39 is 5.60 Å². The second-order valence-corrected chi connectivity index (χ2v) is 5.09. The summed E-state index contributed by atoms with van der Waals surface area (Å²) in [6, 6.07) is 9.47. The Kier molecular flexibility index (Phi) is 4.11. The Hall–Kier alpha value is -0.860. The van der Waals surface area contributed by atoms with Gasteiger partial charge < -0.3 is 10.8 Å². The highest BCUT2D eigenvalue weighted by molar-refractivity contribution is 5.22. The molecule has 1 atom stereocenters. The Labute approximate surface area is 98.5 Å². The zero-order chi connectivity index (χ0) is 12.3. The summed E-state index contributed by atoms with van der Waals surface area (Å²) in [5, 5.41) is 10.8. The van der Waals surface area contributed by atoms with Crippen LogP contribution in [-0.2, 0) is 0 Å². The zero-order valence-electron chi connectivity index (χ0n) is 10.6. The fraction of sp³-hybridized carbons (Fsp3) is 0.571. The fourth-order valence-corrected chi connectivity index (χ4v) is 2.31. The highest BCUT2D eigenvalue weighted by atomic mass is 16.3. The topological polar surface area (TPSA) is 46.2 Å². The van der Waals surface area contributed by atoms with Gasteiger partial charge in [-0.3, -0.25) is 0 Å². The van der Waals surface area contributed by atoms with Crippen molar-refractivity contribution in [2.45, 2.75) is 39.3 Å². The van der Waals surface area contributed by atoms with E-state index in [2.05, 4.69) is 0 Å². The summed E-state index contributed by atoms with van der Waals surface area (Å²) >= 11 is 0. The monoisotopic (exact) mass is 221 g/mol. The van der Waals surface area contributed by atoms with Crippen molar-refractivity contribution in [3.05, 3.63) is 35.9 Å². The first-order valence-electron chi connectivity index (χ1n) is 5.93. The van der Waals surface area contributed by atoms with Gasteiger partial charge in [-0.1, -0.05) is 58.0 Å². The summed E-state index contributed by atoms with van der Waals surface area (Å²) in [4.78, 5) is 0. The Morgan fingerprint density at radius 3 is 1.81 bits per heavy atom. The van der Waals surface area contributed by atoms with Crippen LogP contribution in [0.4, 0.5) is 0 Å². The van der Waals surface area contributed by atoms with Gasteiger partial charge in [0.1, 0.15) is 0 Å². The molecule has 0 unspecified atom stereocenters. The molecule has 0 amide bonds. The standard InChI is InChI=1S/C14H23NO/c1-10(2)14(16,11(3)4)13(15)12-8-6-5-7-9-12/h5-11,13,16H,15H2,1-4H3/t13-/m1/s1. The first kappa shape index (κ1) is 13.2. The molecule has 0 fully saturated rings. The maximum Gasteiger partial charge on any atom is 0.0884 e. The highest BCUT2D eigenvalue weighted by Gasteiger charge is 2.41. The molecule has 0 aliphatic carbocycles. The van der Waals surface area contributed by atoms with Gasteiger partial charge in [-0.25, -0.2) is 0 Å². The van der Waals surface area contributed by atoms with E-state index >= 15 is 0 Å². The minimum Gasteiger partial charge on any atom is -0.387 e. The Balaban J connectivity index is 3.06. The predicted octanol–water partition coefficient (Wildman–Crippen LogP) is 2.73. The fourth-order valence-electron chi connectivity index (χ4n) is 2.31. The minimum absolute atomic E-state index is 0.128. The molecular weight excluding hydrogens is 198 g/mol. The molecule has 1 aromatic carbocycles. The third kappa shape index (κ3) is 2.28. The van der Waals surface area contributed by atoms with E-state index in [0.717, 1.165) is 5.56 Å². The highest BCUT2D eigenvalue weighted by Crippen LogP contribution is 2.36. The average molecular weight is 221 g/mol. The van der Waals surface area contributed by atoms with Gasteiger partial charge in [-0.2, -0.15) is 0 Å². The van der Waals surface area contributed by atoms with Crippen molar-refractivity contribution < 1.29 is 5.11 Å². The van der Waals surface area contributed by atoms with Crippen LogP contribution in [0.2, 0.25) is 0 Å². The smallest absolute Gasteiger partial charge is 0.0884 e. The molecule has 16 heavy (non-hydrogen) atoms. The molecule has 2 heteroatoms. The van der Waals surface area contributed by atoms with Gasteiger partial charge in [0.15, 0.2) is 0 Å². The van der Waals surface area contributed by atoms with Crippen LogP contribution in [0.1, 0.15) is 39.3 Å². The molecule has 0 aromatic heterocycles. The van der Waals surface area contributed by atoms with Crippen LogP contribution in [0, 0.1) is 11.8 Å². The summed E-state index contributed by atoms with van der Waals surface area (Å²) < 4.78 is 0. The summed E-state index contributed by atoms with van der Waals surface area (Å²) in [5.41, 5.74) is 6.36. The van der Waals surface area contributed by atoms with Crippen LogP contribution >= 0.6 is 0 Å². The van der Waals surface area contributed by atoms with Crippen LogP contribution in [0.15, 0.2) is 30.3 Å². The molecule has 90 valence electrons. The van der Waals surface area contributed by atoms with Gasteiger partial charge >= 0.3 is 0 Å². The Morgan fingerprint density at radius 1 is 1.00 bits per heavy atom. The quantitative estimate of drug-likeness (QED) is 0.821. The lowest BCUT2D eigenvalue weighted by Gasteiger charge is -2.41. The van der Waals surface area contributed by atoms with Crippen LogP contribution in [0.25, 0.3) is 0 Å². The molecule has 0 saturated heterocycles. The molecular formula is C14H23NO. The Morgan fingerprint density at radius 2 is 1.44 bits per heavy atom. The van der Waals surface area contributed by atoms with Crippen LogP contribution in [0.3, 0.4) is 0 Å². The lowest BCUT2D eigenvalue weighted by molar-refractivity contribution is -0.0692. The molecule has 1 rings (SSSR count). The van der Waals surface area contributed by atoms with Gasteiger partial charge in [0.05, 0.1) is 11.6 Å². The lowest BCUT2D eigenvalue weighted by Crippen LogP contribution is -2.49. The molecule has 0 radical (unpaired) electrons. The van der Waals surface area contributed by atoms with E-state index in [4.69, 9.17) is 5.73 Å². The zero-order valence-corrected chi connectivity index (χ0v) is 10.6. The van der Waals surface area contributed by atoms with E-state index in [1.165, 1.54) is 0 Å². The summed E-state index contributed by atoms with van der Waals surface area (Å²) in [6.07, 6.45) is 0. The molecule has 0 heterocycles. The van der Waals surface area contributed by atoms with Crippen molar-refractivity contribution >= 4 is 0 Å². The number of aliphatic hydroxyl groups is 1. The third-order valence-corrected chi connectivity index (χ3v) is 3.51. The SMILES string of the molecule is CC(C)C(O)(C(C)C)[C@H](N)c1ccccc1. The maximum absolute atomic E-state index is 10.8. The van der Waals surface area contributed by atoms with Crippen molar-refractivity contribution in [2.24, 2.45) is 17.6 Å². The number of benzene rings is 1. The van der Waals surface area contributed by atoms with E-state index in [-0.39, 0.29) is 17.9 Å². The largest absolute Gasteiger partial charge is 0.387 e. The number of hydrogen-bond donors (Lipinski definition) is 2. The molecule has 0 bridgehead atoms. The van der Waals surface area contributed by atoms with Crippen molar-refractivity contribution in [1.29, 1.82) is 0 Å². The molecule has 0 aliphatic heterocycles. The van der Waals surface area contributed by atoms with Crippen molar-refractivity contribution in [2.75, 3.05) is 0 Å². The average Bonchev–Trinajstić information content (AvgIpc) is 2.27. The maximum atomic E-state index is 10.8. The van der Waals surface area contributed by atoms with Crippen LogP contribution in [0.5, 0.6) is 0 Å². The number of hydrogen-bond acceptors (Lipinski definition) is 2. The first-order chi connectivity index (χ1) is 7.40. The van der Waals surface area contributed by atoms with Gasteiger partial charge in [0.2, 0.25) is 0 Å². The van der Waals surface area contributed by atoms with Crippen LogP contribution < -0.4 is 5.73 Å². The van der Waals surface area contributed by atoms with E-state index in [1.54, 1.807) is 0 Å². The van der Waals surface area contributed by atoms with E-state index in [9.17, 15) is 5.11 Å². The summed E-state index contributed by atoms with van der Waals surface area (Å²) in [5.74, 6) is 0.255. The van der Waals surface area contributed by atoms with Crippen molar-refractivity contribution in [1.82, 2.24) is 0 Å². The minimum atomic E-state index is -0.860. The van der Waals surface area contributed by atoms with Gasteiger partial charge in [-0.15, -0.1) is 0 Å². The molecule has 2 nitrogen and oxygen atoms in total. The van der Waals surface area contributed by atoms with E-state index in [0.29, 0.717) is 0 Å². The van der Waals surface area contributed by atoms with Gasteiger partial charge in [0, 0.05) is 0 Å². The normalized spacial score (nSPS) is 14.5. The molecule has 0 spiro atoms. The lowest BCUT2D eigenvalue weighted by atomic mass is 9.73. The first-order valence-corrected chi connectivity index (χ1v) is 5.93. The second-order valence-electron chi connectivity index (χ2n) is 5.09. The Bertz CT molecular complexity index is 311. The molecule has 1 aromatic rings. The predicted molar refractivity (Wildman–Crippen MR) is 68.0 cm³/mol. The van der Waals surface area contributed by atoms with Crippen molar-refractivity contribution in [3.8, 4) is 0 Å². The number of nitrogens with two attached hydrogens (primary N) is 1. The summed E-state index contributed by atoms with van der Waals surface area (Å²) in [7, 11) is 0. The summed E-state index contributed by atoms with van der Waals surface area (Å²) in [6.45, 7) is 8.07. The third-order valence-electron chi connectivity index (χ3n) is 3.51. The van der Waals surface area contributed by atoms with Gasteiger partial charge in [0.25, 0.3) is 0 Å². The van der Waals surface area contributed by atoms with E-state index in [1.807, 2.05) is 58.0 Å². The second kappa shape index (κ2) is 4.98.